The molecule has 1 atom stereocenters. The highest BCUT2D eigenvalue weighted by Gasteiger charge is 2.14. The van der Waals surface area contributed by atoms with Gasteiger partial charge in [-0.2, -0.15) is 0 Å². The minimum absolute atomic E-state index is 0.201. The maximum absolute atomic E-state index is 11.4. The van der Waals surface area contributed by atoms with Crippen molar-refractivity contribution < 1.29 is 14.3 Å². The van der Waals surface area contributed by atoms with Crippen molar-refractivity contribution in [3.05, 3.63) is 29.3 Å². The van der Waals surface area contributed by atoms with Gasteiger partial charge < -0.3 is 15.8 Å². The van der Waals surface area contributed by atoms with Crippen LogP contribution in [-0.2, 0) is 9.59 Å². The zero-order chi connectivity index (χ0) is 12.8. The van der Waals surface area contributed by atoms with Gasteiger partial charge in [-0.3, -0.25) is 9.59 Å². The van der Waals surface area contributed by atoms with Gasteiger partial charge in [0.15, 0.2) is 6.10 Å². The maximum atomic E-state index is 11.4. The molecule has 1 aromatic carbocycles. The van der Waals surface area contributed by atoms with E-state index in [2.05, 4.69) is 5.32 Å². The zero-order valence-corrected chi connectivity index (χ0v) is 10.0. The zero-order valence-electron chi connectivity index (χ0n) is 9.27. The molecule has 0 aromatic heterocycles. The van der Waals surface area contributed by atoms with Crippen LogP contribution < -0.4 is 15.8 Å². The number of nitrogens with two attached hydrogens (primary N) is 1. The number of carbonyl (C=O) groups excluding carboxylic acids is 2. The van der Waals surface area contributed by atoms with E-state index in [1.165, 1.54) is 0 Å². The van der Waals surface area contributed by atoms with Crippen LogP contribution in [0.2, 0.25) is 5.02 Å². The first-order chi connectivity index (χ1) is 7.99. The van der Waals surface area contributed by atoms with Crippen LogP contribution in [0.3, 0.4) is 0 Å². The van der Waals surface area contributed by atoms with E-state index in [1.807, 2.05) is 0 Å². The number of halogens is 1. The molecule has 3 N–H and O–H groups in total. The summed E-state index contributed by atoms with van der Waals surface area (Å²) in [7, 11) is 0. The summed E-state index contributed by atoms with van der Waals surface area (Å²) in [5, 5.41) is 2.94. The molecular formula is C11H13ClN2O3. The molecule has 0 aliphatic rings. The first-order valence-electron chi connectivity index (χ1n) is 4.97. The quantitative estimate of drug-likeness (QED) is 0.814. The third-order valence-electron chi connectivity index (χ3n) is 1.93. The van der Waals surface area contributed by atoms with Gasteiger partial charge in [-0.25, -0.2) is 0 Å². The number of carbonyl (C=O) groups is 2. The number of amides is 2. The monoisotopic (exact) mass is 256 g/mol. The Morgan fingerprint density at radius 1 is 1.41 bits per heavy atom. The molecule has 0 saturated carbocycles. The molecule has 0 fully saturated rings. The van der Waals surface area contributed by atoms with Gasteiger partial charge in [-0.1, -0.05) is 11.6 Å². The molecule has 0 aliphatic carbocycles. The van der Waals surface area contributed by atoms with Gasteiger partial charge in [-0.15, -0.1) is 0 Å². The molecule has 0 bridgehead atoms. The van der Waals surface area contributed by atoms with Gasteiger partial charge in [0.1, 0.15) is 5.75 Å². The Morgan fingerprint density at radius 3 is 2.53 bits per heavy atom. The minimum Gasteiger partial charge on any atom is -0.481 e. The van der Waals surface area contributed by atoms with E-state index in [4.69, 9.17) is 22.1 Å². The summed E-state index contributed by atoms with van der Waals surface area (Å²) in [6, 6.07) is 6.62. The topological polar surface area (TPSA) is 81.4 Å². The van der Waals surface area contributed by atoms with Crippen LogP contribution in [0.5, 0.6) is 5.75 Å². The molecule has 92 valence electrons. The van der Waals surface area contributed by atoms with Crippen molar-refractivity contribution in [2.45, 2.75) is 13.0 Å². The van der Waals surface area contributed by atoms with Crippen molar-refractivity contribution in [3.8, 4) is 5.75 Å². The maximum Gasteiger partial charge on any atom is 0.261 e. The van der Waals surface area contributed by atoms with Crippen LogP contribution in [0.15, 0.2) is 24.3 Å². The number of nitrogens with one attached hydrogen (secondary N) is 1. The molecule has 0 heterocycles. The largest absolute Gasteiger partial charge is 0.481 e. The van der Waals surface area contributed by atoms with Gasteiger partial charge in [0.05, 0.1) is 6.54 Å². The molecule has 5 nitrogen and oxygen atoms in total. The second-order valence-electron chi connectivity index (χ2n) is 3.40. The number of hydrogen-bond acceptors (Lipinski definition) is 3. The third kappa shape index (κ3) is 4.74. The highest BCUT2D eigenvalue weighted by Crippen LogP contribution is 2.16. The van der Waals surface area contributed by atoms with E-state index in [0.717, 1.165) is 0 Å². The molecule has 0 spiro atoms. The molecule has 0 aliphatic heterocycles. The Kier molecular flexibility index (Phi) is 4.78. The smallest absolute Gasteiger partial charge is 0.261 e. The van der Waals surface area contributed by atoms with E-state index in [0.29, 0.717) is 10.8 Å². The average molecular weight is 257 g/mol. The van der Waals surface area contributed by atoms with Crippen LogP contribution in [0.4, 0.5) is 0 Å². The summed E-state index contributed by atoms with van der Waals surface area (Å²) in [5.41, 5.74) is 4.90. The lowest BCUT2D eigenvalue weighted by Crippen LogP contribution is -2.40. The fourth-order valence-electron chi connectivity index (χ4n) is 1.09. The Balaban J connectivity index is 2.48. The van der Waals surface area contributed by atoms with Gasteiger partial charge >= 0.3 is 0 Å². The van der Waals surface area contributed by atoms with E-state index >= 15 is 0 Å². The third-order valence-corrected chi connectivity index (χ3v) is 2.18. The Bertz CT molecular complexity index is 406. The van der Waals surface area contributed by atoms with E-state index < -0.39 is 17.9 Å². The second-order valence-corrected chi connectivity index (χ2v) is 3.83. The molecule has 17 heavy (non-hydrogen) atoms. The normalized spacial score (nSPS) is 11.6. The Morgan fingerprint density at radius 2 is 2.00 bits per heavy atom. The molecule has 1 unspecified atom stereocenters. The predicted molar refractivity (Wildman–Crippen MR) is 63.7 cm³/mol. The van der Waals surface area contributed by atoms with E-state index in [1.54, 1.807) is 31.2 Å². The summed E-state index contributed by atoms with van der Waals surface area (Å²) in [6.45, 7) is 1.37. The Hall–Kier alpha value is -1.75. The SMILES string of the molecule is CC(Oc1ccc(Cl)cc1)C(=O)NCC(N)=O. The fraction of sp³-hybridized carbons (Fsp3) is 0.273. The van der Waals surface area contributed by atoms with E-state index in [-0.39, 0.29) is 6.54 Å². The summed E-state index contributed by atoms with van der Waals surface area (Å²) in [4.78, 5) is 21.9. The summed E-state index contributed by atoms with van der Waals surface area (Å²) >= 11 is 5.71. The van der Waals surface area contributed by atoms with Crippen LogP contribution in [0, 0.1) is 0 Å². The lowest BCUT2D eigenvalue weighted by atomic mass is 10.3. The predicted octanol–water partition coefficient (Wildman–Crippen LogP) is 0.709. The van der Waals surface area contributed by atoms with E-state index in [9.17, 15) is 9.59 Å². The molecule has 1 aromatic rings. The minimum atomic E-state index is -0.712. The van der Waals surface area contributed by atoms with Crippen LogP contribution >= 0.6 is 11.6 Å². The van der Waals surface area contributed by atoms with Crippen molar-refractivity contribution in [2.75, 3.05) is 6.54 Å². The lowest BCUT2D eigenvalue weighted by molar-refractivity contribution is -0.129. The van der Waals surface area contributed by atoms with Crippen molar-refractivity contribution >= 4 is 23.4 Å². The van der Waals surface area contributed by atoms with Gasteiger partial charge in [0.2, 0.25) is 5.91 Å². The number of primary amides is 1. The van der Waals surface area contributed by atoms with Crippen molar-refractivity contribution in [3.63, 3.8) is 0 Å². The first-order valence-corrected chi connectivity index (χ1v) is 5.35. The molecule has 1 rings (SSSR count). The molecule has 0 radical (unpaired) electrons. The van der Waals surface area contributed by atoms with Crippen LogP contribution in [0.1, 0.15) is 6.92 Å². The highest BCUT2D eigenvalue weighted by molar-refractivity contribution is 6.30. The number of ether oxygens (including phenoxy) is 1. The van der Waals surface area contributed by atoms with Crippen molar-refractivity contribution in [1.82, 2.24) is 5.32 Å². The molecule has 0 saturated heterocycles. The molecular weight excluding hydrogens is 244 g/mol. The van der Waals surface area contributed by atoms with Crippen molar-refractivity contribution in [1.29, 1.82) is 0 Å². The Labute approximate surface area is 104 Å². The summed E-state index contributed by atoms with van der Waals surface area (Å²) < 4.78 is 5.34. The summed E-state index contributed by atoms with van der Waals surface area (Å²) in [6.07, 6.45) is -0.712. The van der Waals surface area contributed by atoms with Crippen LogP contribution in [0.25, 0.3) is 0 Å². The van der Waals surface area contributed by atoms with Gasteiger partial charge in [0, 0.05) is 5.02 Å². The number of rotatable bonds is 5. The fourth-order valence-corrected chi connectivity index (χ4v) is 1.21. The average Bonchev–Trinajstić information content (AvgIpc) is 2.28. The van der Waals surface area contributed by atoms with Gasteiger partial charge in [-0.05, 0) is 31.2 Å². The number of hydrogen-bond donors (Lipinski definition) is 2. The van der Waals surface area contributed by atoms with Gasteiger partial charge in [0.25, 0.3) is 5.91 Å². The number of benzene rings is 1. The molecule has 2 amide bonds. The standard InChI is InChI=1S/C11H13ClN2O3/c1-7(11(16)14-6-10(13)15)17-9-4-2-8(12)3-5-9/h2-5,7H,6H2,1H3,(H2,13,15)(H,14,16). The molecule has 6 heteroatoms. The highest BCUT2D eigenvalue weighted by atomic mass is 35.5. The lowest BCUT2D eigenvalue weighted by Gasteiger charge is -2.13. The van der Waals surface area contributed by atoms with Crippen LogP contribution in [-0.4, -0.2) is 24.5 Å². The summed E-state index contributed by atoms with van der Waals surface area (Å²) in [5.74, 6) is -0.480. The second kappa shape index (κ2) is 6.10. The van der Waals surface area contributed by atoms with Crippen molar-refractivity contribution in [2.24, 2.45) is 5.73 Å². The first kappa shape index (κ1) is 13.3.